The molecular formula is C38H58N2O4+2. The van der Waals surface area contributed by atoms with Crippen molar-refractivity contribution in [1.82, 2.24) is 0 Å². The fourth-order valence-electron chi connectivity index (χ4n) is 7.58. The Kier molecular flexibility index (Phi) is 12.9. The highest BCUT2D eigenvalue weighted by molar-refractivity contribution is 5.99. The summed E-state index contributed by atoms with van der Waals surface area (Å²) in [5.41, 5.74) is 1.50. The van der Waals surface area contributed by atoms with Crippen LogP contribution in [0, 0.1) is 11.8 Å². The molecule has 0 amide bonds. The molecule has 0 N–H and O–H groups in total. The largest absolute Gasteiger partial charge is 0.494 e. The lowest BCUT2D eigenvalue weighted by Gasteiger charge is -2.38. The number of rotatable bonds is 15. The Labute approximate surface area is 266 Å². The highest BCUT2D eigenvalue weighted by Crippen LogP contribution is 2.29. The van der Waals surface area contributed by atoms with E-state index >= 15 is 0 Å². The van der Waals surface area contributed by atoms with Crippen LogP contribution in [0.4, 0.5) is 0 Å². The Morgan fingerprint density at radius 2 is 0.886 bits per heavy atom. The zero-order valence-corrected chi connectivity index (χ0v) is 28.0. The van der Waals surface area contributed by atoms with Gasteiger partial charge in [-0.2, -0.15) is 0 Å². The lowest BCUT2D eigenvalue weighted by atomic mass is 9.85. The van der Waals surface area contributed by atoms with Gasteiger partial charge in [0.2, 0.25) is 0 Å². The first-order valence-electron chi connectivity index (χ1n) is 17.5. The van der Waals surface area contributed by atoms with Gasteiger partial charge in [-0.25, -0.2) is 0 Å². The summed E-state index contributed by atoms with van der Waals surface area (Å²) < 4.78 is 13.2. The summed E-state index contributed by atoms with van der Waals surface area (Å²) in [6, 6.07) is 15.4. The molecule has 0 bridgehead atoms. The van der Waals surface area contributed by atoms with Gasteiger partial charge in [0, 0.05) is 11.1 Å². The second kappa shape index (κ2) is 16.6. The van der Waals surface area contributed by atoms with Crippen LogP contribution in [0.5, 0.6) is 11.5 Å². The Bertz CT molecular complexity index is 1070. The summed E-state index contributed by atoms with van der Waals surface area (Å²) in [7, 11) is 4.69. The van der Waals surface area contributed by atoms with Crippen LogP contribution in [0.25, 0.3) is 0 Å². The molecule has 0 spiro atoms. The van der Waals surface area contributed by atoms with E-state index in [1.54, 1.807) is 0 Å². The number of nitrogens with zero attached hydrogens (tertiary/aromatic N) is 2. The van der Waals surface area contributed by atoms with Crippen molar-refractivity contribution in [3.63, 3.8) is 0 Å². The van der Waals surface area contributed by atoms with Gasteiger partial charge in [0.05, 0.1) is 78.4 Å². The summed E-state index contributed by atoms with van der Waals surface area (Å²) in [4.78, 5) is 28.4. The normalized spacial score (nSPS) is 19.6. The van der Waals surface area contributed by atoms with Gasteiger partial charge in [-0.1, -0.05) is 0 Å². The van der Waals surface area contributed by atoms with Crippen LogP contribution in [0.2, 0.25) is 0 Å². The molecule has 0 unspecified atom stereocenters. The SMILES string of the molecule is CCOc1ccc(C(=O)[C@@H](CC[C@@H](C[N+]2(C)CCCCCC2)C(=O)c2ccc(OCC)cc2)C[N+]2(C)CCCCCC2)cc1. The van der Waals surface area contributed by atoms with Gasteiger partial charge in [0.15, 0.2) is 11.6 Å². The zero-order valence-electron chi connectivity index (χ0n) is 28.0. The molecule has 242 valence electrons. The van der Waals surface area contributed by atoms with Crippen molar-refractivity contribution in [2.45, 2.75) is 78.1 Å². The Morgan fingerprint density at radius 1 is 0.568 bits per heavy atom. The molecule has 2 aromatic rings. The van der Waals surface area contributed by atoms with Crippen molar-refractivity contribution in [1.29, 1.82) is 0 Å². The molecule has 44 heavy (non-hydrogen) atoms. The average Bonchev–Trinajstić information content (AvgIpc) is 3.38. The van der Waals surface area contributed by atoms with Crippen molar-refractivity contribution < 1.29 is 28.0 Å². The third-order valence-electron chi connectivity index (χ3n) is 10.1. The minimum atomic E-state index is -0.124. The molecule has 2 aromatic carbocycles. The standard InChI is InChI=1S/C38H58N2O4/c1-5-43-35-21-17-31(18-22-35)37(41)33(29-39(3)25-11-7-8-12-26-39)15-16-34(30-40(4)27-13-9-10-14-28-40)38(42)32-19-23-36(24-20-32)44-6-2/h17-24,33-34H,5-16,25-30H2,1-4H3/q+2/t33-,34-/m0/s1. The Balaban J connectivity index is 1.59. The predicted molar refractivity (Wildman–Crippen MR) is 179 cm³/mol. The van der Waals surface area contributed by atoms with Gasteiger partial charge in [-0.3, -0.25) is 9.59 Å². The second-order valence-electron chi connectivity index (χ2n) is 13.9. The van der Waals surface area contributed by atoms with Crippen molar-refractivity contribution in [3.8, 4) is 11.5 Å². The molecule has 0 radical (unpaired) electrons. The molecule has 2 atom stereocenters. The van der Waals surface area contributed by atoms with E-state index < -0.39 is 0 Å². The third kappa shape index (κ3) is 9.90. The fraction of sp³-hybridized carbons (Fsp3) is 0.632. The second-order valence-corrected chi connectivity index (χ2v) is 13.9. The van der Waals surface area contributed by atoms with Crippen molar-refractivity contribution >= 4 is 11.6 Å². The van der Waals surface area contributed by atoms with Gasteiger partial charge in [0.1, 0.15) is 11.5 Å². The summed E-state index contributed by atoms with van der Waals surface area (Å²) >= 11 is 0. The van der Waals surface area contributed by atoms with E-state index in [-0.39, 0.29) is 23.4 Å². The van der Waals surface area contributed by atoms with Crippen LogP contribution in [-0.4, -0.2) is 87.1 Å². The number of quaternary nitrogens is 2. The number of hydrogen-bond acceptors (Lipinski definition) is 4. The van der Waals surface area contributed by atoms with Crippen LogP contribution in [0.1, 0.15) is 98.8 Å². The third-order valence-corrected chi connectivity index (χ3v) is 10.1. The first-order valence-corrected chi connectivity index (χ1v) is 17.5. The van der Waals surface area contributed by atoms with Crippen LogP contribution in [0.3, 0.4) is 0 Å². The first-order chi connectivity index (χ1) is 21.2. The average molecular weight is 607 g/mol. The smallest absolute Gasteiger partial charge is 0.171 e. The molecule has 6 heteroatoms. The lowest BCUT2D eigenvalue weighted by molar-refractivity contribution is -0.911. The maximum atomic E-state index is 14.2. The fourth-order valence-corrected chi connectivity index (χ4v) is 7.58. The number of likely N-dealkylation sites (tertiary alicyclic amines) is 2. The van der Waals surface area contributed by atoms with Crippen LogP contribution < -0.4 is 9.47 Å². The molecule has 2 saturated heterocycles. The molecule has 0 aromatic heterocycles. The first kappa shape index (κ1) is 34.2. The molecule has 2 aliphatic heterocycles. The molecule has 2 aliphatic rings. The molecular weight excluding hydrogens is 548 g/mol. The van der Waals surface area contributed by atoms with Crippen LogP contribution >= 0.6 is 0 Å². The summed E-state index contributed by atoms with van der Waals surface area (Å²) in [6.45, 7) is 11.3. The summed E-state index contributed by atoms with van der Waals surface area (Å²) in [5, 5.41) is 0. The van der Waals surface area contributed by atoms with Gasteiger partial charge in [0.25, 0.3) is 0 Å². The molecule has 0 aliphatic carbocycles. The van der Waals surface area contributed by atoms with Crippen molar-refractivity contribution in [2.75, 3.05) is 66.6 Å². The van der Waals surface area contributed by atoms with Crippen molar-refractivity contribution in [2.24, 2.45) is 11.8 Å². The van der Waals surface area contributed by atoms with Crippen LogP contribution in [0.15, 0.2) is 48.5 Å². The monoisotopic (exact) mass is 606 g/mol. The number of ether oxygens (including phenoxy) is 2. The number of benzene rings is 2. The molecule has 2 heterocycles. The lowest BCUT2D eigenvalue weighted by Crippen LogP contribution is -2.50. The van der Waals surface area contributed by atoms with E-state index in [9.17, 15) is 9.59 Å². The topological polar surface area (TPSA) is 52.6 Å². The van der Waals surface area contributed by atoms with E-state index in [0.29, 0.717) is 13.2 Å². The zero-order chi connectivity index (χ0) is 31.4. The Hall–Kier alpha value is -2.70. The highest BCUT2D eigenvalue weighted by atomic mass is 16.5. The van der Waals surface area contributed by atoms with Gasteiger partial charge < -0.3 is 18.4 Å². The van der Waals surface area contributed by atoms with E-state index in [0.717, 1.165) is 83.7 Å². The number of carbonyl (C=O) groups excluding carboxylic acids is 2. The maximum absolute atomic E-state index is 14.2. The summed E-state index contributed by atoms with van der Waals surface area (Å²) in [5.74, 6) is 1.76. The van der Waals surface area contributed by atoms with E-state index in [1.807, 2.05) is 62.4 Å². The Morgan fingerprint density at radius 3 is 1.18 bits per heavy atom. The van der Waals surface area contributed by atoms with E-state index in [1.165, 1.54) is 51.4 Å². The van der Waals surface area contributed by atoms with E-state index in [4.69, 9.17) is 9.47 Å². The van der Waals surface area contributed by atoms with Gasteiger partial charge in [-0.05, 0) is 127 Å². The van der Waals surface area contributed by atoms with E-state index in [2.05, 4.69) is 14.1 Å². The van der Waals surface area contributed by atoms with Crippen molar-refractivity contribution in [3.05, 3.63) is 59.7 Å². The molecule has 4 rings (SSSR count). The quantitative estimate of drug-likeness (QED) is 0.155. The number of carbonyl (C=O) groups is 2. The van der Waals surface area contributed by atoms with Crippen LogP contribution in [-0.2, 0) is 0 Å². The number of ketones is 2. The highest BCUT2D eigenvalue weighted by Gasteiger charge is 2.36. The minimum Gasteiger partial charge on any atom is -0.494 e. The molecule has 6 nitrogen and oxygen atoms in total. The molecule has 0 saturated carbocycles. The summed E-state index contributed by atoms with van der Waals surface area (Å²) in [6.07, 6.45) is 11.4. The molecule has 2 fully saturated rings. The number of hydrogen-bond donors (Lipinski definition) is 0. The predicted octanol–water partition coefficient (Wildman–Crippen LogP) is 7.60. The maximum Gasteiger partial charge on any atom is 0.171 e. The minimum absolute atomic E-state index is 0.124. The number of Topliss-reactive ketones (excluding diaryl/α,β-unsaturated/α-hetero) is 2. The van der Waals surface area contributed by atoms with Gasteiger partial charge in [-0.15, -0.1) is 0 Å². The van der Waals surface area contributed by atoms with Gasteiger partial charge >= 0.3 is 0 Å².